The van der Waals surface area contributed by atoms with Crippen molar-refractivity contribution in [1.29, 1.82) is 0 Å². The molecule has 0 amide bonds. The molecule has 0 radical (unpaired) electrons. The van der Waals surface area contributed by atoms with E-state index in [2.05, 4.69) is 0 Å². The Labute approximate surface area is 98.6 Å². The van der Waals surface area contributed by atoms with Crippen LogP contribution in [0.4, 0.5) is 0 Å². The lowest BCUT2D eigenvalue weighted by Gasteiger charge is -2.23. The number of ether oxygens (including phenoxy) is 1. The number of pyridine rings is 1. The van der Waals surface area contributed by atoms with Crippen molar-refractivity contribution < 1.29 is 14.6 Å². The van der Waals surface area contributed by atoms with Crippen molar-refractivity contribution in [2.24, 2.45) is 0 Å². The van der Waals surface area contributed by atoms with Crippen LogP contribution in [0.5, 0.6) is 0 Å². The smallest absolute Gasteiger partial charge is 0.337 e. The van der Waals surface area contributed by atoms with Crippen molar-refractivity contribution in [3.05, 3.63) is 34.2 Å². The van der Waals surface area contributed by atoms with Gasteiger partial charge in [0.1, 0.15) is 0 Å². The Hall–Kier alpha value is -1.62. The van der Waals surface area contributed by atoms with Crippen LogP contribution in [0.3, 0.4) is 0 Å². The molecule has 5 nitrogen and oxygen atoms in total. The Kier molecular flexibility index (Phi) is 3.58. The molecule has 1 aliphatic heterocycles. The molecule has 0 saturated carbocycles. The van der Waals surface area contributed by atoms with Crippen LogP contribution in [-0.2, 0) is 11.3 Å². The summed E-state index contributed by atoms with van der Waals surface area (Å²) in [5.74, 6) is -1.02. The van der Waals surface area contributed by atoms with E-state index < -0.39 is 5.97 Å². The number of hydrogen-bond donors (Lipinski definition) is 1. The highest BCUT2D eigenvalue weighted by atomic mass is 16.5. The van der Waals surface area contributed by atoms with E-state index in [4.69, 9.17) is 9.84 Å². The van der Waals surface area contributed by atoms with Crippen LogP contribution in [0.15, 0.2) is 23.1 Å². The Morgan fingerprint density at radius 1 is 1.47 bits per heavy atom. The average molecular weight is 237 g/mol. The minimum absolute atomic E-state index is 0.0190. The molecule has 1 fully saturated rings. The molecular weight excluding hydrogens is 222 g/mol. The van der Waals surface area contributed by atoms with Gasteiger partial charge in [-0.05, 0) is 25.3 Å². The first kappa shape index (κ1) is 11.9. The minimum Gasteiger partial charge on any atom is -0.478 e. The maximum atomic E-state index is 11.6. The van der Waals surface area contributed by atoms with Crippen LogP contribution < -0.4 is 5.56 Å². The molecule has 0 bridgehead atoms. The van der Waals surface area contributed by atoms with Crippen molar-refractivity contribution >= 4 is 5.97 Å². The zero-order chi connectivity index (χ0) is 12.3. The fourth-order valence-electron chi connectivity index (χ4n) is 1.97. The third-order valence-electron chi connectivity index (χ3n) is 2.90. The van der Waals surface area contributed by atoms with Gasteiger partial charge in [0.25, 0.3) is 5.56 Å². The molecule has 0 aromatic carbocycles. The average Bonchev–Trinajstić information content (AvgIpc) is 2.33. The highest BCUT2D eigenvalue weighted by Crippen LogP contribution is 2.13. The van der Waals surface area contributed by atoms with Gasteiger partial charge >= 0.3 is 5.97 Å². The van der Waals surface area contributed by atoms with Crippen molar-refractivity contribution in [1.82, 2.24) is 4.57 Å². The predicted molar refractivity (Wildman–Crippen MR) is 61.3 cm³/mol. The monoisotopic (exact) mass is 237 g/mol. The summed E-state index contributed by atoms with van der Waals surface area (Å²) >= 11 is 0. The van der Waals surface area contributed by atoms with Crippen LogP contribution in [0.2, 0.25) is 0 Å². The number of rotatable bonds is 3. The third kappa shape index (κ3) is 2.94. The quantitative estimate of drug-likeness (QED) is 0.855. The van der Waals surface area contributed by atoms with Crippen LogP contribution in [0, 0.1) is 0 Å². The van der Waals surface area contributed by atoms with E-state index in [1.165, 1.54) is 22.9 Å². The van der Waals surface area contributed by atoms with Gasteiger partial charge in [-0.15, -0.1) is 0 Å². The van der Waals surface area contributed by atoms with Gasteiger partial charge in [0.2, 0.25) is 0 Å². The summed E-state index contributed by atoms with van der Waals surface area (Å²) in [4.78, 5) is 22.4. The topological polar surface area (TPSA) is 68.5 Å². The van der Waals surface area contributed by atoms with E-state index >= 15 is 0 Å². The first-order chi connectivity index (χ1) is 8.16. The molecule has 0 aliphatic carbocycles. The minimum atomic E-state index is -1.02. The van der Waals surface area contributed by atoms with Gasteiger partial charge in [0.05, 0.1) is 18.2 Å². The van der Waals surface area contributed by atoms with Gasteiger partial charge in [0.15, 0.2) is 0 Å². The molecule has 2 heterocycles. The summed E-state index contributed by atoms with van der Waals surface area (Å²) in [6, 6.07) is 2.61. The molecule has 1 N–H and O–H groups in total. The summed E-state index contributed by atoms with van der Waals surface area (Å²) < 4.78 is 6.95. The zero-order valence-corrected chi connectivity index (χ0v) is 9.46. The fraction of sp³-hybridized carbons (Fsp3) is 0.500. The molecule has 1 aliphatic rings. The SMILES string of the molecule is O=C(O)c1ccc(=O)n(CC2CCCCO2)c1. The van der Waals surface area contributed by atoms with Crippen LogP contribution in [0.25, 0.3) is 0 Å². The number of nitrogens with zero attached hydrogens (tertiary/aromatic N) is 1. The second-order valence-corrected chi connectivity index (χ2v) is 4.20. The molecule has 2 rings (SSSR count). The molecule has 1 aromatic rings. The standard InChI is InChI=1S/C12H15NO4/c14-11-5-4-9(12(15)16)7-13(11)8-10-3-1-2-6-17-10/h4-5,7,10H,1-3,6,8H2,(H,15,16). The first-order valence-electron chi connectivity index (χ1n) is 5.72. The Balaban J connectivity index is 2.16. The summed E-state index contributed by atoms with van der Waals surface area (Å²) in [6.45, 7) is 1.15. The lowest BCUT2D eigenvalue weighted by molar-refractivity contribution is 0.00535. The third-order valence-corrected chi connectivity index (χ3v) is 2.90. The normalized spacial score (nSPS) is 20.1. The molecule has 1 saturated heterocycles. The molecule has 92 valence electrons. The number of carboxylic acids is 1. The fourth-order valence-corrected chi connectivity index (χ4v) is 1.97. The Morgan fingerprint density at radius 2 is 2.29 bits per heavy atom. The van der Waals surface area contributed by atoms with Gasteiger partial charge in [-0.1, -0.05) is 0 Å². The summed E-state index contributed by atoms with van der Waals surface area (Å²) in [6.07, 6.45) is 4.47. The molecule has 17 heavy (non-hydrogen) atoms. The lowest BCUT2D eigenvalue weighted by Crippen LogP contribution is -2.30. The van der Waals surface area contributed by atoms with Crippen molar-refractivity contribution in [2.75, 3.05) is 6.61 Å². The first-order valence-corrected chi connectivity index (χ1v) is 5.72. The number of carboxylic acid groups (broad SMARTS) is 1. The maximum absolute atomic E-state index is 11.6. The number of carbonyl (C=O) groups is 1. The molecule has 5 heteroatoms. The van der Waals surface area contributed by atoms with E-state index in [0.29, 0.717) is 6.54 Å². The molecular formula is C12H15NO4. The molecule has 1 unspecified atom stereocenters. The highest BCUT2D eigenvalue weighted by Gasteiger charge is 2.15. The van der Waals surface area contributed by atoms with Crippen molar-refractivity contribution in [2.45, 2.75) is 31.9 Å². The second kappa shape index (κ2) is 5.14. The van der Waals surface area contributed by atoms with E-state index in [0.717, 1.165) is 25.9 Å². The lowest BCUT2D eigenvalue weighted by atomic mass is 10.1. The van der Waals surface area contributed by atoms with Crippen LogP contribution in [-0.4, -0.2) is 28.4 Å². The predicted octanol–water partition coefficient (Wildman–Crippen LogP) is 1.12. The molecule has 1 atom stereocenters. The van der Waals surface area contributed by atoms with Gasteiger partial charge < -0.3 is 14.4 Å². The summed E-state index contributed by atoms with van der Waals surface area (Å²) in [5.41, 5.74) is -0.0652. The number of aromatic nitrogens is 1. The van der Waals surface area contributed by atoms with Crippen molar-refractivity contribution in [3.63, 3.8) is 0 Å². The number of aromatic carboxylic acids is 1. The summed E-state index contributed by atoms with van der Waals surface area (Å²) in [5, 5.41) is 8.86. The highest BCUT2D eigenvalue weighted by molar-refractivity contribution is 5.87. The summed E-state index contributed by atoms with van der Waals surface area (Å²) in [7, 11) is 0. The van der Waals surface area contributed by atoms with Gasteiger partial charge in [-0.25, -0.2) is 4.79 Å². The number of hydrogen-bond acceptors (Lipinski definition) is 3. The van der Waals surface area contributed by atoms with E-state index in [-0.39, 0.29) is 17.2 Å². The van der Waals surface area contributed by atoms with E-state index in [1.807, 2.05) is 0 Å². The van der Waals surface area contributed by atoms with Gasteiger partial charge in [-0.2, -0.15) is 0 Å². The molecule has 1 aromatic heterocycles. The van der Waals surface area contributed by atoms with E-state index in [9.17, 15) is 9.59 Å². The second-order valence-electron chi connectivity index (χ2n) is 4.20. The maximum Gasteiger partial charge on any atom is 0.337 e. The largest absolute Gasteiger partial charge is 0.478 e. The molecule has 0 spiro atoms. The van der Waals surface area contributed by atoms with Crippen LogP contribution >= 0.6 is 0 Å². The Bertz CT molecular complexity index is 460. The Morgan fingerprint density at radius 3 is 2.94 bits per heavy atom. The van der Waals surface area contributed by atoms with Crippen molar-refractivity contribution in [3.8, 4) is 0 Å². The van der Waals surface area contributed by atoms with Crippen LogP contribution in [0.1, 0.15) is 29.6 Å². The van der Waals surface area contributed by atoms with E-state index in [1.54, 1.807) is 0 Å². The van der Waals surface area contributed by atoms with Gasteiger partial charge in [0, 0.05) is 18.9 Å². The van der Waals surface area contributed by atoms with Gasteiger partial charge in [-0.3, -0.25) is 4.79 Å². The zero-order valence-electron chi connectivity index (χ0n) is 9.46.